The third kappa shape index (κ3) is 5.22. The van der Waals surface area contributed by atoms with Crippen LogP contribution in [-0.2, 0) is 20.1 Å². The predicted molar refractivity (Wildman–Crippen MR) is 107 cm³/mol. The number of likely N-dealkylation sites (tertiary alicyclic amines) is 1. The van der Waals surface area contributed by atoms with Crippen LogP contribution in [-0.4, -0.2) is 46.8 Å². The molecular formula is C19H27N7O. The summed E-state index contributed by atoms with van der Waals surface area (Å²) >= 11 is 0. The van der Waals surface area contributed by atoms with Crippen LogP contribution in [0.2, 0.25) is 0 Å². The highest BCUT2D eigenvalue weighted by atomic mass is 16.2. The number of aryl methyl sites for hydroxylation is 1. The molecule has 1 aliphatic heterocycles. The molecule has 0 radical (unpaired) electrons. The number of hydrogen-bond acceptors (Lipinski definition) is 3. The lowest BCUT2D eigenvalue weighted by atomic mass is 10.2. The average Bonchev–Trinajstić information content (AvgIpc) is 3.34. The monoisotopic (exact) mass is 369 g/mol. The van der Waals surface area contributed by atoms with Crippen LogP contribution in [0.5, 0.6) is 0 Å². The summed E-state index contributed by atoms with van der Waals surface area (Å²) in [6, 6.07) is 9.80. The summed E-state index contributed by atoms with van der Waals surface area (Å²) < 4.78 is 1.83. The van der Waals surface area contributed by atoms with E-state index in [4.69, 9.17) is 0 Å². The standard InChI is InChI=1S/C19H27N7O/c1-20-18(22-14-17-8-9-23-25(17)2)21-13-15-6-5-7-16(12-15)24-19(27)26-10-3-4-11-26/h5-9,12H,3-4,10-11,13-14H2,1-2H3,(H,24,27)(H2,20,21,22). The molecule has 1 fully saturated rings. The first kappa shape index (κ1) is 18.8. The summed E-state index contributed by atoms with van der Waals surface area (Å²) in [6.07, 6.45) is 3.94. The molecule has 8 heteroatoms. The normalized spacial score (nSPS) is 14.3. The Morgan fingerprint density at radius 1 is 1.19 bits per heavy atom. The number of aliphatic imine (C=N–C) groups is 1. The van der Waals surface area contributed by atoms with Crippen LogP contribution in [0.3, 0.4) is 0 Å². The first-order chi connectivity index (χ1) is 13.2. The lowest BCUT2D eigenvalue weighted by Crippen LogP contribution is -2.36. The van der Waals surface area contributed by atoms with Crippen molar-refractivity contribution in [2.45, 2.75) is 25.9 Å². The number of carbonyl (C=O) groups is 1. The summed E-state index contributed by atoms with van der Waals surface area (Å²) in [5.41, 5.74) is 2.95. The lowest BCUT2D eigenvalue weighted by molar-refractivity contribution is 0.222. The van der Waals surface area contributed by atoms with E-state index in [1.54, 1.807) is 13.2 Å². The maximum absolute atomic E-state index is 12.2. The van der Waals surface area contributed by atoms with Crippen LogP contribution < -0.4 is 16.0 Å². The molecule has 0 atom stereocenters. The smallest absolute Gasteiger partial charge is 0.321 e. The van der Waals surface area contributed by atoms with E-state index in [1.165, 1.54) is 0 Å². The van der Waals surface area contributed by atoms with Crippen molar-refractivity contribution in [2.24, 2.45) is 12.0 Å². The molecule has 8 nitrogen and oxygen atoms in total. The Kier molecular flexibility index (Phi) is 6.30. The molecule has 1 aliphatic rings. The van der Waals surface area contributed by atoms with E-state index in [0.29, 0.717) is 19.0 Å². The van der Waals surface area contributed by atoms with E-state index < -0.39 is 0 Å². The van der Waals surface area contributed by atoms with Gasteiger partial charge in [-0.2, -0.15) is 5.10 Å². The van der Waals surface area contributed by atoms with Gasteiger partial charge in [0, 0.05) is 45.6 Å². The zero-order valence-electron chi connectivity index (χ0n) is 15.9. The van der Waals surface area contributed by atoms with Crippen LogP contribution in [0.1, 0.15) is 24.1 Å². The molecule has 1 aromatic heterocycles. The molecule has 0 aliphatic carbocycles. The van der Waals surface area contributed by atoms with Crippen LogP contribution in [0.4, 0.5) is 10.5 Å². The first-order valence-electron chi connectivity index (χ1n) is 9.22. The lowest BCUT2D eigenvalue weighted by Gasteiger charge is -2.17. The number of nitrogens with zero attached hydrogens (tertiary/aromatic N) is 4. The van der Waals surface area contributed by atoms with Crippen molar-refractivity contribution in [3.8, 4) is 0 Å². The van der Waals surface area contributed by atoms with Gasteiger partial charge in [0.1, 0.15) is 0 Å². The first-order valence-corrected chi connectivity index (χ1v) is 9.22. The number of carbonyl (C=O) groups excluding carboxylic acids is 1. The van der Waals surface area contributed by atoms with Gasteiger partial charge in [-0.25, -0.2) is 4.79 Å². The van der Waals surface area contributed by atoms with Gasteiger partial charge in [-0.15, -0.1) is 0 Å². The van der Waals surface area contributed by atoms with Gasteiger partial charge in [-0.3, -0.25) is 9.67 Å². The van der Waals surface area contributed by atoms with Crippen molar-refractivity contribution >= 4 is 17.7 Å². The van der Waals surface area contributed by atoms with E-state index >= 15 is 0 Å². The van der Waals surface area contributed by atoms with Crippen molar-refractivity contribution in [1.82, 2.24) is 25.3 Å². The minimum atomic E-state index is -0.0220. The molecule has 0 bridgehead atoms. The van der Waals surface area contributed by atoms with Gasteiger partial charge in [0.2, 0.25) is 0 Å². The number of rotatable bonds is 5. The van der Waals surface area contributed by atoms with E-state index in [9.17, 15) is 4.79 Å². The Balaban J connectivity index is 1.50. The van der Waals surface area contributed by atoms with Gasteiger partial charge in [-0.05, 0) is 36.6 Å². The average molecular weight is 369 g/mol. The molecule has 3 N–H and O–H groups in total. The zero-order chi connectivity index (χ0) is 19.1. The van der Waals surface area contributed by atoms with E-state index in [-0.39, 0.29) is 6.03 Å². The van der Waals surface area contributed by atoms with Gasteiger partial charge < -0.3 is 20.9 Å². The number of aromatic nitrogens is 2. The van der Waals surface area contributed by atoms with E-state index in [1.807, 2.05) is 47.0 Å². The largest absolute Gasteiger partial charge is 0.352 e. The Morgan fingerprint density at radius 3 is 2.67 bits per heavy atom. The van der Waals surface area contributed by atoms with E-state index in [0.717, 1.165) is 42.9 Å². The maximum atomic E-state index is 12.2. The van der Waals surface area contributed by atoms with Crippen LogP contribution in [0, 0.1) is 0 Å². The Morgan fingerprint density at radius 2 is 1.96 bits per heavy atom. The van der Waals surface area contributed by atoms with Crippen LogP contribution in [0.25, 0.3) is 0 Å². The minimum Gasteiger partial charge on any atom is -0.352 e. The van der Waals surface area contributed by atoms with Gasteiger partial charge in [0.05, 0.1) is 12.2 Å². The maximum Gasteiger partial charge on any atom is 0.321 e. The number of urea groups is 1. The molecule has 0 saturated carbocycles. The third-order valence-electron chi connectivity index (χ3n) is 4.61. The second-order valence-electron chi connectivity index (χ2n) is 6.55. The van der Waals surface area contributed by atoms with E-state index in [2.05, 4.69) is 26.0 Å². The molecule has 0 unspecified atom stereocenters. The van der Waals surface area contributed by atoms with Gasteiger partial charge in [0.15, 0.2) is 5.96 Å². The van der Waals surface area contributed by atoms with Crippen LogP contribution in [0.15, 0.2) is 41.5 Å². The molecular weight excluding hydrogens is 342 g/mol. The molecule has 144 valence electrons. The fourth-order valence-corrected chi connectivity index (χ4v) is 3.04. The van der Waals surface area contributed by atoms with Gasteiger partial charge in [0.25, 0.3) is 0 Å². The molecule has 1 saturated heterocycles. The number of nitrogens with one attached hydrogen (secondary N) is 3. The van der Waals surface area contributed by atoms with Crippen molar-refractivity contribution < 1.29 is 4.79 Å². The minimum absolute atomic E-state index is 0.0220. The summed E-state index contributed by atoms with van der Waals surface area (Å²) in [7, 11) is 3.65. The summed E-state index contributed by atoms with van der Waals surface area (Å²) in [6.45, 7) is 2.93. The van der Waals surface area contributed by atoms with Crippen molar-refractivity contribution in [3.63, 3.8) is 0 Å². The Hall–Kier alpha value is -3.03. The second kappa shape index (κ2) is 9.07. The number of guanidine groups is 1. The number of anilines is 1. The van der Waals surface area contributed by atoms with Gasteiger partial charge >= 0.3 is 6.03 Å². The van der Waals surface area contributed by atoms with Crippen molar-refractivity contribution in [1.29, 1.82) is 0 Å². The number of benzene rings is 1. The molecule has 2 heterocycles. The highest BCUT2D eigenvalue weighted by molar-refractivity contribution is 5.89. The van der Waals surface area contributed by atoms with Crippen molar-refractivity contribution in [2.75, 3.05) is 25.5 Å². The molecule has 1 aromatic carbocycles. The third-order valence-corrected chi connectivity index (χ3v) is 4.61. The van der Waals surface area contributed by atoms with Crippen molar-refractivity contribution in [3.05, 3.63) is 47.8 Å². The zero-order valence-corrected chi connectivity index (χ0v) is 15.9. The number of hydrogen-bond donors (Lipinski definition) is 3. The van der Waals surface area contributed by atoms with Gasteiger partial charge in [-0.1, -0.05) is 12.1 Å². The fourth-order valence-electron chi connectivity index (χ4n) is 3.04. The molecule has 0 spiro atoms. The molecule has 2 aromatic rings. The molecule has 3 rings (SSSR count). The highest BCUT2D eigenvalue weighted by Crippen LogP contribution is 2.14. The van der Waals surface area contributed by atoms with Crippen LogP contribution >= 0.6 is 0 Å². The SMILES string of the molecule is CN=C(NCc1cccc(NC(=O)N2CCCC2)c1)NCc1ccnn1C. The summed E-state index contributed by atoms with van der Waals surface area (Å²) in [5.74, 6) is 0.711. The molecule has 27 heavy (non-hydrogen) atoms. The highest BCUT2D eigenvalue weighted by Gasteiger charge is 2.17. The summed E-state index contributed by atoms with van der Waals surface area (Å²) in [4.78, 5) is 18.3. The second-order valence-corrected chi connectivity index (χ2v) is 6.55. The fraction of sp³-hybridized carbons (Fsp3) is 0.421. The quantitative estimate of drug-likeness (QED) is 0.555. The molecule has 2 amide bonds. The Labute approximate surface area is 159 Å². The Bertz CT molecular complexity index is 793. The predicted octanol–water partition coefficient (Wildman–Crippen LogP) is 1.91. The summed E-state index contributed by atoms with van der Waals surface area (Å²) in [5, 5.41) is 13.7. The number of amides is 2. The topological polar surface area (TPSA) is 86.6 Å².